The molecule has 0 radical (unpaired) electrons. The van der Waals surface area contributed by atoms with Gasteiger partial charge in [0.1, 0.15) is 6.61 Å². The highest BCUT2D eigenvalue weighted by atomic mass is 16.5. The third-order valence-corrected chi connectivity index (χ3v) is 2.29. The Labute approximate surface area is 82.3 Å². The van der Waals surface area contributed by atoms with E-state index in [0.717, 1.165) is 12.2 Å². The second-order valence-electron chi connectivity index (χ2n) is 3.18. The average Bonchev–Trinajstić information content (AvgIpc) is 2.20. The summed E-state index contributed by atoms with van der Waals surface area (Å²) in [6.07, 6.45) is 0. The first-order valence-electron chi connectivity index (χ1n) is 4.63. The molecule has 0 aromatic heterocycles. The predicted molar refractivity (Wildman–Crippen MR) is 52.9 cm³/mol. The molecule has 4 nitrogen and oxygen atoms in total. The molecule has 1 aliphatic heterocycles. The first kappa shape index (κ1) is 9.15. The number of fused-ring (bicyclic) bond motifs is 1. The maximum absolute atomic E-state index is 9.53. The summed E-state index contributed by atoms with van der Waals surface area (Å²) in [6, 6.07) is 5.25. The van der Waals surface area contributed by atoms with E-state index in [1.165, 1.54) is 0 Å². The van der Waals surface area contributed by atoms with E-state index >= 15 is 0 Å². The Hall–Kier alpha value is -1.42. The molecule has 4 heteroatoms. The van der Waals surface area contributed by atoms with Gasteiger partial charge in [-0.1, -0.05) is 6.07 Å². The van der Waals surface area contributed by atoms with E-state index in [9.17, 15) is 5.11 Å². The number of benzene rings is 1. The number of aromatic hydroxyl groups is 1. The van der Waals surface area contributed by atoms with Gasteiger partial charge in [-0.25, -0.2) is 0 Å². The van der Waals surface area contributed by atoms with Crippen molar-refractivity contribution < 1.29 is 14.9 Å². The van der Waals surface area contributed by atoms with Crippen LogP contribution in [0.3, 0.4) is 0 Å². The van der Waals surface area contributed by atoms with E-state index in [2.05, 4.69) is 0 Å². The first-order valence-corrected chi connectivity index (χ1v) is 4.63. The molecule has 1 aromatic carbocycles. The Morgan fingerprint density at radius 2 is 2.29 bits per heavy atom. The minimum absolute atomic E-state index is 0.106. The summed E-state index contributed by atoms with van der Waals surface area (Å²) in [4.78, 5) is 2.00. The van der Waals surface area contributed by atoms with Gasteiger partial charge in [0.2, 0.25) is 0 Å². The fourth-order valence-corrected chi connectivity index (χ4v) is 1.64. The Morgan fingerprint density at radius 3 is 3.07 bits per heavy atom. The van der Waals surface area contributed by atoms with Crippen LogP contribution < -0.4 is 9.64 Å². The average molecular weight is 195 g/mol. The summed E-state index contributed by atoms with van der Waals surface area (Å²) in [5.41, 5.74) is 0.852. The smallest absolute Gasteiger partial charge is 0.184 e. The number of phenols is 1. The lowest BCUT2D eigenvalue weighted by Gasteiger charge is -2.30. The number of aliphatic hydroxyl groups is 1. The molecule has 1 aliphatic rings. The number of hydrogen-bond acceptors (Lipinski definition) is 4. The van der Waals surface area contributed by atoms with Crippen molar-refractivity contribution in [1.82, 2.24) is 0 Å². The monoisotopic (exact) mass is 195 g/mol. The fraction of sp³-hybridized carbons (Fsp3) is 0.400. The lowest BCUT2D eigenvalue weighted by molar-refractivity contribution is 0.270. The van der Waals surface area contributed by atoms with Gasteiger partial charge in [-0.3, -0.25) is 0 Å². The molecule has 0 amide bonds. The summed E-state index contributed by atoms with van der Waals surface area (Å²) in [5.74, 6) is 0.678. The third kappa shape index (κ3) is 1.48. The highest BCUT2D eigenvalue weighted by molar-refractivity contribution is 5.65. The molecule has 2 N–H and O–H groups in total. The van der Waals surface area contributed by atoms with Gasteiger partial charge in [0, 0.05) is 6.54 Å². The van der Waals surface area contributed by atoms with Gasteiger partial charge in [-0.2, -0.15) is 0 Å². The van der Waals surface area contributed by atoms with E-state index < -0.39 is 0 Å². The minimum atomic E-state index is 0.106. The van der Waals surface area contributed by atoms with Crippen LogP contribution in [0.5, 0.6) is 11.5 Å². The summed E-state index contributed by atoms with van der Waals surface area (Å²) in [7, 11) is 0. The normalized spacial score (nSPS) is 14.8. The summed E-state index contributed by atoms with van der Waals surface area (Å²) in [6.45, 7) is 1.97. The molecule has 0 spiro atoms. The zero-order valence-corrected chi connectivity index (χ0v) is 7.81. The number of hydrogen-bond donors (Lipinski definition) is 2. The number of rotatable bonds is 2. The molecule has 0 saturated heterocycles. The molecule has 0 unspecified atom stereocenters. The van der Waals surface area contributed by atoms with Crippen LogP contribution in [0, 0.1) is 0 Å². The van der Waals surface area contributed by atoms with Gasteiger partial charge in [-0.15, -0.1) is 0 Å². The van der Waals surface area contributed by atoms with Crippen molar-refractivity contribution in [2.24, 2.45) is 0 Å². The fourth-order valence-electron chi connectivity index (χ4n) is 1.64. The van der Waals surface area contributed by atoms with Crippen LogP contribution in [0.1, 0.15) is 0 Å². The van der Waals surface area contributed by atoms with Crippen LogP contribution in [-0.2, 0) is 0 Å². The van der Waals surface area contributed by atoms with Gasteiger partial charge >= 0.3 is 0 Å². The Morgan fingerprint density at radius 1 is 1.43 bits per heavy atom. The zero-order valence-electron chi connectivity index (χ0n) is 7.81. The van der Waals surface area contributed by atoms with Crippen molar-refractivity contribution in [1.29, 1.82) is 0 Å². The number of nitrogens with zero attached hydrogens (tertiary/aromatic N) is 1. The van der Waals surface area contributed by atoms with E-state index in [0.29, 0.717) is 18.9 Å². The zero-order chi connectivity index (χ0) is 9.97. The summed E-state index contributed by atoms with van der Waals surface area (Å²) < 4.78 is 5.36. The van der Waals surface area contributed by atoms with Crippen molar-refractivity contribution in [3.05, 3.63) is 18.2 Å². The SMILES string of the molecule is OCCN1CCOc2c(O)cccc21. The van der Waals surface area contributed by atoms with Crippen molar-refractivity contribution in [3.63, 3.8) is 0 Å². The van der Waals surface area contributed by atoms with Crippen molar-refractivity contribution in [2.75, 3.05) is 31.2 Å². The second-order valence-corrected chi connectivity index (χ2v) is 3.18. The predicted octanol–water partition coefficient (Wildman–Crippen LogP) is 0.583. The highest BCUT2D eigenvalue weighted by Gasteiger charge is 2.19. The maximum atomic E-state index is 9.53. The molecular weight excluding hydrogens is 182 g/mol. The van der Waals surface area contributed by atoms with Crippen molar-refractivity contribution in [2.45, 2.75) is 0 Å². The number of anilines is 1. The Balaban J connectivity index is 2.34. The van der Waals surface area contributed by atoms with E-state index in [4.69, 9.17) is 9.84 Å². The molecule has 0 aliphatic carbocycles. The van der Waals surface area contributed by atoms with Gasteiger partial charge in [-0.05, 0) is 12.1 Å². The molecule has 1 heterocycles. The number of β-amino-alcohol motifs (C(OH)–C–C–N with tert-alkyl or cyclic N) is 1. The summed E-state index contributed by atoms with van der Waals surface area (Å²) >= 11 is 0. The minimum Gasteiger partial charge on any atom is -0.504 e. The quantitative estimate of drug-likeness (QED) is 0.725. The molecule has 2 rings (SSSR count). The Bertz CT molecular complexity index is 327. The molecular formula is C10H13NO3. The van der Waals surface area contributed by atoms with Crippen LogP contribution in [-0.4, -0.2) is 36.5 Å². The first-order chi connectivity index (χ1) is 6.83. The standard InChI is InChI=1S/C10H13NO3/c12-6-4-11-5-7-14-10-8(11)2-1-3-9(10)13/h1-3,12-13H,4-7H2. The molecule has 0 saturated carbocycles. The van der Waals surface area contributed by atoms with Gasteiger partial charge < -0.3 is 19.8 Å². The Kier molecular flexibility index (Phi) is 2.45. The molecule has 0 fully saturated rings. The van der Waals surface area contributed by atoms with Crippen LogP contribution in [0.15, 0.2) is 18.2 Å². The van der Waals surface area contributed by atoms with Gasteiger partial charge in [0.15, 0.2) is 11.5 Å². The van der Waals surface area contributed by atoms with Crippen LogP contribution in [0.2, 0.25) is 0 Å². The highest BCUT2D eigenvalue weighted by Crippen LogP contribution is 2.38. The van der Waals surface area contributed by atoms with Gasteiger partial charge in [0.05, 0.1) is 18.8 Å². The topological polar surface area (TPSA) is 52.9 Å². The third-order valence-electron chi connectivity index (χ3n) is 2.29. The number of aliphatic hydroxyl groups excluding tert-OH is 1. The second kappa shape index (κ2) is 3.75. The lowest BCUT2D eigenvalue weighted by atomic mass is 10.2. The molecule has 0 bridgehead atoms. The van der Waals surface area contributed by atoms with Crippen molar-refractivity contribution in [3.8, 4) is 11.5 Å². The van der Waals surface area contributed by atoms with E-state index in [1.54, 1.807) is 12.1 Å². The number of para-hydroxylation sites is 1. The van der Waals surface area contributed by atoms with E-state index in [1.807, 2.05) is 11.0 Å². The maximum Gasteiger partial charge on any atom is 0.184 e. The molecule has 76 valence electrons. The molecule has 1 aromatic rings. The van der Waals surface area contributed by atoms with E-state index in [-0.39, 0.29) is 12.4 Å². The largest absolute Gasteiger partial charge is 0.504 e. The van der Waals surface area contributed by atoms with Crippen LogP contribution in [0.25, 0.3) is 0 Å². The summed E-state index contributed by atoms with van der Waals surface area (Å²) in [5, 5.41) is 18.4. The number of phenolic OH excluding ortho intramolecular Hbond substituents is 1. The van der Waals surface area contributed by atoms with Crippen LogP contribution >= 0.6 is 0 Å². The lowest BCUT2D eigenvalue weighted by Crippen LogP contribution is -2.34. The molecule has 14 heavy (non-hydrogen) atoms. The van der Waals surface area contributed by atoms with Gasteiger partial charge in [0.25, 0.3) is 0 Å². The van der Waals surface area contributed by atoms with Crippen LogP contribution in [0.4, 0.5) is 5.69 Å². The molecule has 0 atom stereocenters. The van der Waals surface area contributed by atoms with Crippen molar-refractivity contribution >= 4 is 5.69 Å². The number of ether oxygens (including phenoxy) is 1.